The number of thiophene rings is 1. The lowest BCUT2D eigenvalue weighted by atomic mass is 9.91. The average Bonchev–Trinajstić information content (AvgIpc) is 3.07. The third-order valence-corrected chi connectivity index (χ3v) is 7.34. The fourth-order valence-corrected chi connectivity index (χ4v) is 5.64. The van der Waals surface area contributed by atoms with E-state index in [1.807, 2.05) is 11.3 Å². The van der Waals surface area contributed by atoms with E-state index >= 15 is 0 Å². The zero-order chi connectivity index (χ0) is 13.6. The van der Waals surface area contributed by atoms with E-state index in [0.29, 0.717) is 5.54 Å². The molecule has 1 atom stereocenters. The zero-order valence-electron chi connectivity index (χ0n) is 11.9. The minimum absolute atomic E-state index is 0.440. The molecule has 1 unspecified atom stereocenters. The standard InChI is InChI=1S/C16H23BrN2S/c17-13-5-8-20-15(13)10-19-11-16(6-1-2-7-16)18-9-14(19)12-3-4-12/h5,8,12,14,18H,1-4,6-7,9-11H2. The lowest BCUT2D eigenvalue weighted by Crippen LogP contribution is -2.63. The molecule has 1 saturated heterocycles. The van der Waals surface area contributed by atoms with Gasteiger partial charge in [0.2, 0.25) is 0 Å². The summed E-state index contributed by atoms with van der Waals surface area (Å²) >= 11 is 5.61. The second kappa shape index (κ2) is 5.38. The number of nitrogens with zero attached hydrogens (tertiary/aromatic N) is 1. The highest BCUT2D eigenvalue weighted by Gasteiger charge is 2.45. The first-order valence-electron chi connectivity index (χ1n) is 7.97. The van der Waals surface area contributed by atoms with Gasteiger partial charge in [-0.2, -0.15) is 0 Å². The minimum atomic E-state index is 0.440. The summed E-state index contributed by atoms with van der Waals surface area (Å²) in [6, 6.07) is 2.97. The highest BCUT2D eigenvalue weighted by atomic mass is 79.9. The van der Waals surface area contributed by atoms with Gasteiger partial charge >= 0.3 is 0 Å². The Kier molecular flexibility index (Phi) is 3.70. The van der Waals surface area contributed by atoms with Crippen LogP contribution in [0.15, 0.2) is 15.9 Å². The molecule has 2 saturated carbocycles. The van der Waals surface area contributed by atoms with Crippen LogP contribution in [0.2, 0.25) is 0 Å². The molecule has 1 spiro atoms. The van der Waals surface area contributed by atoms with Crippen LogP contribution in [-0.4, -0.2) is 29.6 Å². The van der Waals surface area contributed by atoms with Crippen molar-refractivity contribution < 1.29 is 0 Å². The average molecular weight is 355 g/mol. The van der Waals surface area contributed by atoms with Gasteiger partial charge in [0.1, 0.15) is 0 Å². The van der Waals surface area contributed by atoms with Gasteiger partial charge in [-0.25, -0.2) is 0 Å². The Morgan fingerprint density at radius 3 is 2.80 bits per heavy atom. The summed E-state index contributed by atoms with van der Waals surface area (Å²) in [5.41, 5.74) is 0.440. The monoisotopic (exact) mass is 354 g/mol. The summed E-state index contributed by atoms with van der Waals surface area (Å²) in [6.45, 7) is 3.62. The highest BCUT2D eigenvalue weighted by molar-refractivity contribution is 9.10. The smallest absolute Gasteiger partial charge is 0.0343 e. The van der Waals surface area contributed by atoms with Crippen molar-refractivity contribution in [3.8, 4) is 0 Å². The van der Waals surface area contributed by atoms with E-state index in [0.717, 1.165) is 18.5 Å². The molecule has 0 aromatic carbocycles. The molecule has 4 heteroatoms. The first-order valence-corrected chi connectivity index (χ1v) is 9.64. The summed E-state index contributed by atoms with van der Waals surface area (Å²) in [6.07, 6.45) is 8.48. The van der Waals surface area contributed by atoms with Crippen molar-refractivity contribution in [2.45, 2.75) is 56.7 Å². The summed E-state index contributed by atoms with van der Waals surface area (Å²) in [4.78, 5) is 4.31. The zero-order valence-corrected chi connectivity index (χ0v) is 14.3. The second-order valence-corrected chi connectivity index (χ2v) is 8.72. The predicted octanol–water partition coefficient (Wildman–Crippen LogP) is 4.01. The lowest BCUT2D eigenvalue weighted by molar-refractivity contribution is 0.0634. The molecule has 0 radical (unpaired) electrons. The van der Waals surface area contributed by atoms with Crippen LogP contribution < -0.4 is 5.32 Å². The van der Waals surface area contributed by atoms with Crippen LogP contribution in [-0.2, 0) is 6.54 Å². The fraction of sp³-hybridized carbons (Fsp3) is 0.750. The Hall–Kier alpha value is 0.1000. The van der Waals surface area contributed by atoms with Crippen molar-refractivity contribution in [2.75, 3.05) is 13.1 Å². The van der Waals surface area contributed by atoms with Gasteiger partial charge in [0.25, 0.3) is 0 Å². The molecule has 1 aromatic heterocycles. The van der Waals surface area contributed by atoms with Crippen molar-refractivity contribution in [3.63, 3.8) is 0 Å². The van der Waals surface area contributed by atoms with Gasteiger partial charge in [0, 0.05) is 40.6 Å². The van der Waals surface area contributed by atoms with Crippen LogP contribution in [0.1, 0.15) is 43.4 Å². The van der Waals surface area contributed by atoms with Gasteiger partial charge in [-0.1, -0.05) is 12.8 Å². The molecule has 20 heavy (non-hydrogen) atoms. The third-order valence-electron chi connectivity index (χ3n) is 5.43. The van der Waals surface area contributed by atoms with Gasteiger partial charge in [-0.05, 0) is 59.0 Å². The Morgan fingerprint density at radius 2 is 2.15 bits per heavy atom. The maximum absolute atomic E-state index is 3.94. The molecule has 1 aliphatic heterocycles. The van der Waals surface area contributed by atoms with Gasteiger partial charge in [-0.3, -0.25) is 4.90 Å². The molecule has 1 aromatic rings. The van der Waals surface area contributed by atoms with Crippen molar-refractivity contribution in [1.29, 1.82) is 0 Å². The van der Waals surface area contributed by atoms with Crippen LogP contribution in [0.4, 0.5) is 0 Å². The number of rotatable bonds is 3. The predicted molar refractivity (Wildman–Crippen MR) is 88.1 cm³/mol. The van der Waals surface area contributed by atoms with E-state index < -0.39 is 0 Å². The number of piperazine rings is 1. The summed E-state index contributed by atoms with van der Waals surface area (Å²) in [7, 11) is 0. The van der Waals surface area contributed by atoms with Crippen LogP contribution in [0.25, 0.3) is 0 Å². The molecular weight excluding hydrogens is 332 g/mol. The normalized spacial score (nSPS) is 30.1. The fourth-order valence-electron chi connectivity index (χ4n) is 4.14. The van der Waals surface area contributed by atoms with Crippen molar-refractivity contribution >= 4 is 27.3 Å². The molecule has 2 nitrogen and oxygen atoms in total. The van der Waals surface area contributed by atoms with Crippen LogP contribution in [0.3, 0.4) is 0 Å². The molecule has 4 rings (SSSR count). The Labute approximate surface area is 134 Å². The van der Waals surface area contributed by atoms with Crippen LogP contribution >= 0.6 is 27.3 Å². The van der Waals surface area contributed by atoms with Crippen molar-refractivity contribution in [3.05, 3.63) is 20.8 Å². The minimum Gasteiger partial charge on any atom is -0.308 e. The molecule has 3 aliphatic rings. The molecule has 1 N–H and O–H groups in total. The van der Waals surface area contributed by atoms with E-state index in [-0.39, 0.29) is 0 Å². The summed E-state index contributed by atoms with van der Waals surface area (Å²) in [5, 5.41) is 6.15. The lowest BCUT2D eigenvalue weighted by Gasteiger charge is -2.46. The van der Waals surface area contributed by atoms with Crippen LogP contribution in [0, 0.1) is 5.92 Å². The first kappa shape index (κ1) is 13.7. The van der Waals surface area contributed by atoms with Gasteiger partial charge in [0.15, 0.2) is 0 Å². The maximum Gasteiger partial charge on any atom is 0.0343 e. The Morgan fingerprint density at radius 1 is 1.35 bits per heavy atom. The van der Waals surface area contributed by atoms with E-state index in [4.69, 9.17) is 0 Å². The van der Waals surface area contributed by atoms with E-state index in [1.165, 1.54) is 61.0 Å². The number of nitrogens with one attached hydrogen (secondary N) is 1. The van der Waals surface area contributed by atoms with E-state index in [2.05, 4.69) is 37.6 Å². The summed E-state index contributed by atoms with van der Waals surface area (Å²) < 4.78 is 1.30. The van der Waals surface area contributed by atoms with Crippen molar-refractivity contribution in [2.24, 2.45) is 5.92 Å². The Balaban J connectivity index is 1.53. The quantitative estimate of drug-likeness (QED) is 0.882. The molecule has 0 amide bonds. The van der Waals surface area contributed by atoms with Gasteiger partial charge in [-0.15, -0.1) is 11.3 Å². The molecule has 0 bridgehead atoms. The highest BCUT2D eigenvalue weighted by Crippen LogP contribution is 2.41. The number of hydrogen-bond acceptors (Lipinski definition) is 3. The summed E-state index contributed by atoms with van der Waals surface area (Å²) in [5.74, 6) is 0.958. The molecule has 2 heterocycles. The van der Waals surface area contributed by atoms with Crippen molar-refractivity contribution in [1.82, 2.24) is 10.2 Å². The number of halogens is 1. The largest absolute Gasteiger partial charge is 0.308 e. The third kappa shape index (κ3) is 2.60. The van der Waals surface area contributed by atoms with Crippen LogP contribution in [0.5, 0.6) is 0 Å². The SMILES string of the molecule is Brc1ccsc1CN1CC2(CCCC2)NCC1C1CC1. The maximum atomic E-state index is 3.94. The van der Waals surface area contributed by atoms with E-state index in [1.54, 1.807) is 0 Å². The topological polar surface area (TPSA) is 15.3 Å². The molecular formula is C16H23BrN2S. The first-order chi connectivity index (χ1) is 9.76. The van der Waals surface area contributed by atoms with E-state index in [9.17, 15) is 0 Å². The Bertz CT molecular complexity index is 477. The van der Waals surface area contributed by atoms with Gasteiger partial charge < -0.3 is 5.32 Å². The molecule has 3 fully saturated rings. The second-order valence-electron chi connectivity index (χ2n) is 6.87. The van der Waals surface area contributed by atoms with Gasteiger partial charge in [0.05, 0.1) is 0 Å². The number of hydrogen-bond donors (Lipinski definition) is 1. The molecule has 110 valence electrons. The molecule has 2 aliphatic carbocycles.